The maximum absolute atomic E-state index is 15.4. The van der Waals surface area contributed by atoms with Crippen molar-refractivity contribution >= 4 is 16.9 Å². The predicted molar refractivity (Wildman–Crippen MR) is 135 cm³/mol. The van der Waals surface area contributed by atoms with Gasteiger partial charge < -0.3 is 9.84 Å². The van der Waals surface area contributed by atoms with Crippen LogP contribution in [0.1, 0.15) is 42.1 Å². The summed E-state index contributed by atoms with van der Waals surface area (Å²) in [4.78, 5) is 18.1. The van der Waals surface area contributed by atoms with Gasteiger partial charge >= 0.3 is 12.1 Å². The fourth-order valence-electron chi connectivity index (χ4n) is 4.99. The molecule has 2 heterocycles. The van der Waals surface area contributed by atoms with Crippen LogP contribution in [-0.4, -0.2) is 47.7 Å². The van der Waals surface area contributed by atoms with E-state index in [1.165, 1.54) is 25.3 Å². The maximum Gasteiger partial charge on any atom is 0.417 e. The van der Waals surface area contributed by atoms with Crippen LogP contribution in [-0.2, 0) is 11.0 Å². The van der Waals surface area contributed by atoms with Gasteiger partial charge in [-0.1, -0.05) is 24.0 Å². The molecular weight excluding hydrogens is 500 g/mol. The number of rotatable bonds is 7. The van der Waals surface area contributed by atoms with Gasteiger partial charge in [0.2, 0.25) is 0 Å². The zero-order valence-electron chi connectivity index (χ0n) is 20.8. The number of pyridine rings is 1. The third-order valence-electron chi connectivity index (χ3n) is 7.03. The van der Waals surface area contributed by atoms with Crippen LogP contribution in [0.4, 0.5) is 17.6 Å². The number of carboxylic acid groups (broad SMARTS) is 1. The minimum atomic E-state index is -4.50. The van der Waals surface area contributed by atoms with Crippen molar-refractivity contribution in [2.24, 2.45) is 11.8 Å². The van der Waals surface area contributed by atoms with E-state index in [1.54, 1.807) is 30.5 Å². The number of aromatic nitrogens is 1. The summed E-state index contributed by atoms with van der Waals surface area (Å²) < 4.78 is 60.2. The van der Waals surface area contributed by atoms with E-state index in [0.717, 1.165) is 6.07 Å². The average molecular weight is 529 g/mol. The van der Waals surface area contributed by atoms with Crippen molar-refractivity contribution in [3.8, 4) is 17.6 Å². The lowest BCUT2D eigenvalue weighted by Crippen LogP contribution is -2.44. The minimum absolute atomic E-state index is 0.111. The lowest BCUT2D eigenvalue weighted by molar-refractivity contribution is -0.146. The first-order chi connectivity index (χ1) is 18.2. The van der Waals surface area contributed by atoms with E-state index in [2.05, 4.69) is 16.8 Å². The molecule has 0 amide bonds. The number of nitrogens with zero attached hydrogens (tertiary/aromatic N) is 2. The number of ether oxygens (including phenoxy) is 1. The number of likely N-dealkylation sites (tertiary alicyclic amines) is 1. The highest BCUT2D eigenvalue weighted by atomic mass is 19.4. The number of fused-ring (bicyclic) bond motifs is 1. The molecule has 200 valence electrons. The average Bonchev–Trinajstić information content (AvgIpc) is 2.91. The van der Waals surface area contributed by atoms with Crippen LogP contribution in [0.15, 0.2) is 54.7 Å². The van der Waals surface area contributed by atoms with Gasteiger partial charge in [-0.25, -0.2) is 4.39 Å². The molecule has 2 aromatic carbocycles. The largest absolute Gasteiger partial charge is 0.497 e. The molecule has 1 saturated heterocycles. The molecule has 38 heavy (non-hydrogen) atoms. The molecule has 5 nitrogen and oxygen atoms in total. The smallest absolute Gasteiger partial charge is 0.417 e. The van der Waals surface area contributed by atoms with Gasteiger partial charge in [0, 0.05) is 23.7 Å². The molecule has 9 heteroatoms. The molecule has 3 atom stereocenters. The van der Waals surface area contributed by atoms with Gasteiger partial charge in [-0.15, -0.1) is 0 Å². The zero-order chi connectivity index (χ0) is 27.3. The summed E-state index contributed by atoms with van der Waals surface area (Å²) in [5.74, 6) is 4.04. The van der Waals surface area contributed by atoms with Crippen LogP contribution < -0.4 is 4.74 Å². The summed E-state index contributed by atoms with van der Waals surface area (Å²) >= 11 is 0. The van der Waals surface area contributed by atoms with E-state index in [1.807, 2.05) is 4.90 Å². The summed E-state index contributed by atoms with van der Waals surface area (Å²) in [6.45, 7) is 0.900. The fourth-order valence-corrected chi connectivity index (χ4v) is 4.99. The molecule has 0 radical (unpaired) electrons. The molecule has 1 aliphatic heterocycles. The Labute approximate surface area is 218 Å². The standard InChI is InChI=1S/C29H28F4N2O3/c1-38-21-9-11-27-23(17-21)22(12-14-34-27)26(30)10-8-19-13-16-35(18-24(19)28(36)37)15-4-6-20-5-2-3-7-25(20)29(31,32)33/h2-3,5,7,9,11-12,14,17,19,24,26H,8,10,13,15-16,18H2,1H3,(H,36,37)/t19-,24+,26?/m1/s1. The molecule has 4 rings (SSSR count). The van der Waals surface area contributed by atoms with Crippen molar-refractivity contribution in [3.05, 3.63) is 71.4 Å². The quantitative estimate of drug-likeness (QED) is 0.295. The third kappa shape index (κ3) is 6.43. The first kappa shape index (κ1) is 27.4. The van der Waals surface area contributed by atoms with E-state index < -0.39 is 29.8 Å². The van der Waals surface area contributed by atoms with Crippen LogP contribution in [0.5, 0.6) is 5.75 Å². The number of piperidine rings is 1. The molecule has 0 spiro atoms. The molecule has 1 unspecified atom stereocenters. The molecule has 1 aliphatic rings. The van der Waals surface area contributed by atoms with Crippen molar-refractivity contribution in [3.63, 3.8) is 0 Å². The number of halogens is 4. The molecule has 3 aromatic rings. The number of carbonyl (C=O) groups is 1. The Morgan fingerprint density at radius 3 is 2.76 bits per heavy atom. The Morgan fingerprint density at radius 2 is 2.03 bits per heavy atom. The van der Waals surface area contributed by atoms with Crippen molar-refractivity contribution < 1.29 is 32.2 Å². The van der Waals surface area contributed by atoms with Gasteiger partial charge in [0.15, 0.2) is 0 Å². The maximum atomic E-state index is 15.4. The lowest BCUT2D eigenvalue weighted by Gasteiger charge is -2.35. The van der Waals surface area contributed by atoms with Crippen molar-refractivity contribution in [1.82, 2.24) is 9.88 Å². The van der Waals surface area contributed by atoms with E-state index >= 15 is 4.39 Å². The van der Waals surface area contributed by atoms with Crippen LogP contribution in [0.2, 0.25) is 0 Å². The van der Waals surface area contributed by atoms with Crippen LogP contribution >= 0.6 is 0 Å². The molecule has 1 fully saturated rings. The monoisotopic (exact) mass is 528 g/mol. The zero-order valence-corrected chi connectivity index (χ0v) is 20.8. The Balaban J connectivity index is 1.39. The predicted octanol–water partition coefficient (Wildman–Crippen LogP) is 6.13. The highest BCUT2D eigenvalue weighted by Gasteiger charge is 2.35. The number of methoxy groups -OCH3 is 1. The number of alkyl halides is 4. The van der Waals surface area contributed by atoms with Gasteiger partial charge in [-0.05, 0) is 73.7 Å². The number of aliphatic carboxylic acids is 1. The first-order valence-corrected chi connectivity index (χ1v) is 12.3. The second-order valence-electron chi connectivity index (χ2n) is 9.40. The normalized spacial score (nSPS) is 19.0. The third-order valence-corrected chi connectivity index (χ3v) is 7.03. The van der Waals surface area contributed by atoms with Crippen LogP contribution in [0.25, 0.3) is 10.9 Å². The second kappa shape index (κ2) is 11.8. The van der Waals surface area contributed by atoms with Crippen LogP contribution in [0, 0.1) is 23.7 Å². The number of carboxylic acids is 1. The van der Waals surface area contributed by atoms with Gasteiger partial charge in [-0.3, -0.25) is 14.7 Å². The first-order valence-electron chi connectivity index (χ1n) is 12.3. The highest BCUT2D eigenvalue weighted by Crippen LogP contribution is 2.35. The van der Waals surface area contributed by atoms with E-state index in [4.69, 9.17) is 4.74 Å². The highest BCUT2D eigenvalue weighted by molar-refractivity contribution is 5.83. The van der Waals surface area contributed by atoms with Crippen molar-refractivity contribution in [2.75, 3.05) is 26.7 Å². The van der Waals surface area contributed by atoms with Crippen LogP contribution in [0.3, 0.4) is 0 Å². The molecule has 0 saturated carbocycles. The van der Waals surface area contributed by atoms with Gasteiger partial charge in [0.05, 0.1) is 30.7 Å². The van der Waals surface area contributed by atoms with Gasteiger partial charge in [-0.2, -0.15) is 13.2 Å². The SMILES string of the molecule is COc1ccc2nccc(C(F)CC[C@@H]3CCN(CC#Cc4ccccc4C(F)(F)F)C[C@@H]3C(=O)O)c2c1. The summed E-state index contributed by atoms with van der Waals surface area (Å²) in [6.07, 6.45) is -3.14. The Bertz CT molecular complexity index is 1350. The van der Waals surface area contributed by atoms with E-state index in [-0.39, 0.29) is 31.0 Å². The van der Waals surface area contributed by atoms with E-state index in [9.17, 15) is 23.1 Å². The lowest BCUT2D eigenvalue weighted by atomic mass is 9.81. The number of benzene rings is 2. The Morgan fingerprint density at radius 1 is 1.24 bits per heavy atom. The van der Waals surface area contributed by atoms with Crippen molar-refractivity contribution in [2.45, 2.75) is 31.6 Å². The minimum Gasteiger partial charge on any atom is -0.497 e. The van der Waals surface area contributed by atoms with Crippen molar-refractivity contribution in [1.29, 1.82) is 0 Å². The molecule has 1 aromatic heterocycles. The molecule has 1 N–H and O–H groups in total. The molecule has 0 aliphatic carbocycles. The summed E-state index contributed by atoms with van der Waals surface area (Å²) in [7, 11) is 1.54. The second-order valence-corrected chi connectivity index (χ2v) is 9.40. The summed E-state index contributed by atoms with van der Waals surface area (Å²) in [6, 6.07) is 12.0. The van der Waals surface area contributed by atoms with Gasteiger partial charge in [0.1, 0.15) is 11.9 Å². The number of hydrogen-bond acceptors (Lipinski definition) is 4. The topological polar surface area (TPSA) is 62.7 Å². The Kier molecular flexibility index (Phi) is 8.52. The summed E-state index contributed by atoms with van der Waals surface area (Å²) in [5.41, 5.74) is 0.241. The van der Waals surface area contributed by atoms with E-state index in [0.29, 0.717) is 41.6 Å². The number of hydrogen-bond donors (Lipinski definition) is 1. The fraction of sp³-hybridized carbons (Fsp3) is 0.379. The Hall–Kier alpha value is -3.64. The molecular formula is C29H28F4N2O3. The summed E-state index contributed by atoms with van der Waals surface area (Å²) in [5, 5.41) is 10.5. The van der Waals surface area contributed by atoms with Gasteiger partial charge in [0.25, 0.3) is 0 Å². The molecule has 0 bridgehead atoms.